The second-order valence-corrected chi connectivity index (χ2v) is 4.11. The molecule has 1 aliphatic heterocycles. The van der Waals surface area contributed by atoms with Gasteiger partial charge in [-0.25, -0.2) is 0 Å². The van der Waals surface area contributed by atoms with Crippen molar-refractivity contribution in [2.24, 2.45) is 0 Å². The van der Waals surface area contributed by atoms with Gasteiger partial charge in [-0.2, -0.15) is 0 Å². The Bertz CT molecular complexity index is 506. The number of amides is 1. The molecule has 0 fully saturated rings. The van der Waals surface area contributed by atoms with E-state index in [9.17, 15) is 4.79 Å². The molecular weight excluding hydrogens is 242 g/mol. The van der Waals surface area contributed by atoms with E-state index in [0.29, 0.717) is 6.54 Å². The molecule has 1 aromatic rings. The van der Waals surface area contributed by atoms with E-state index >= 15 is 0 Å². The van der Waals surface area contributed by atoms with Crippen LogP contribution in [0.4, 0.5) is 0 Å². The molecule has 1 amide bonds. The highest BCUT2D eigenvalue weighted by Gasteiger charge is 2.12. The molecule has 0 aliphatic carbocycles. The van der Waals surface area contributed by atoms with E-state index in [1.165, 1.54) is 6.08 Å². The third kappa shape index (κ3) is 3.88. The van der Waals surface area contributed by atoms with Gasteiger partial charge in [0.05, 0.1) is 0 Å². The van der Waals surface area contributed by atoms with Crippen LogP contribution < -0.4 is 14.8 Å². The van der Waals surface area contributed by atoms with Crippen molar-refractivity contribution >= 4 is 5.91 Å². The Hall–Kier alpha value is -2.23. The van der Waals surface area contributed by atoms with Gasteiger partial charge in [0.1, 0.15) is 0 Å². The Morgan fingerprint density at radius 1 is 1.32 bits per heavy atom. The van der Waals surface area contributed by atoms with Gasteiger partial charge in [-0.05, 0) is 31.0 Å². The zero-order valence-corrected chi connectivity index (χ0v) is 10.9. The van der Waals surface area contributed by atoms with Crippen LogP contribution in [0.15, 0.2) is 42.5 Å². The van der Waals surface area contributed by atoms with E-state index in [4.69, 9.17) is 9.47 Å². The number of fused-ring (bicyclic) bond motifs is 1. The lowest BCUT2D eigenvalue weighted by Gasteiger charge is -2.04. The molecule has 2 rings (SSSR count). The third-order valence-corrected chi connectivity index (χ3v) is 2.70. The molecular formula is C15H17NO3. The predicted octanol–water partition coefficient (Wildman–Crippen LogP) is 2.21. The Kier molecular flexibility index (Phi) is 4.61. The number of rotatable bonds is 5. The van der Waals surface area contributed by atoms with E-state index in [0.717, 1.165) is 23.5 Å². The van der Waals surface area contributed by atoms with E-state index in [2.05, 4.69) is 5.32 Å². The van der Waals surface area contributed by atoms with Gasteiger partial charge in [0.25, 0.3) is 0 Å². The number of allylic oxidation sites excluding steroid dienone is 3. The molecule has 19 heavy (non-hydrogen) atoms. The maximum Gasteiger partial charge on any atom is 0.243 e. The van der Waals surface area contributed by atoms with E-state index in [1.54, 1.807) is 6.08 Å². The molecule has 100 valence electrons. The summed E-state index contributed by atoms with van der Waals surface area (Å²) in [4.78, 5) is 11.4. The summed E-state index contributed by atoms with van der Waals surface area (Å²) in [5.74, 6) is 1.47. The lowest BCUT2D eigenvalue weighted by atomic mass is 10.1. The van der Waals surface area contributed by atoms with Gasteiger partial charge in [0.15, 0.2) is 11.5 Å². The Morgan fingerprint density at radius 2 is 2.16 bits per heavy atom. The second-order valence-electron chi connectivity index (χ2n) is 4.11. The van der Waals surface area contributed by atoms with Crippen molar-refractivity contribution in [3.63, 3.8) is 0 Å². The quantitative estimate of drug-likeness (QED) is 0.651. The van der Waals surface area contributed by atoms with Gasteiger partial charge in [-0.15, -0.1) is 0 Å². The van der Waals surface area contributed by atoms with Gasteiger partial charge in [-0.3, -0.25) is 4.79 Å². The Balaban J connectivity index is 1.78. The maximum atomic E-state index is 11.4. The Labute approximate surface area is 112 Å². The number of ether oxygens (including phenoxy) is 2. The molecule has 1 aliphatic rings. The van der Waals surface area contributed by atoms with Crippen molar-refractivity contribution in [3.05, 3.63) is 48.1 Å². The fourth-order valence-electron chi connectivity index (χ4n) is 1.74. The zero-order valence-electron chi connectivity index (χ0n) is 10.9. The molecule has 4 nitrogen and oxygen atoms in total. The largest absolute Gasteiger partial charge is 0.454 e. The van der Waals surface area contributed by atoms with Crippen LogP contribution in [-0.2, 0) is 11.2 Å². The smallest absolute Gasteiger partial charge is 0.243 e. The summed E-state index contributed by atoms with van der Waals surface area (Å²) in [5, 5.41) is 2.83. The lowest BCUT2D eigenvalue weighted by molar-refractivity contribution is -0.116. The summed E-state index contributed by atoms with van der Waals surface area (Å²) in [6.45, 7) is 2.78. The van der Waals surface area contributed by atoms with Crippen LogP contribution in [-0.4, -0.2) is 19.2 Å². The van der Waals surface area contributed by atoms with Crippen molar-refractivity contribution in [3.8, 4) is 11.5 Å². The van der Waals surface area contributed by atoms with Crippen molar-refractivity contribution in [2.45, 2.75) is 13.3 Å². The van der Waals surface area contributed by atoms with Gasteiger partial charge in [-0.1, -0.05) is 24.3 Å². The molecule has 0 spiro atoms. The number of hydrogen-bond acceptors (Lipinski definition) is 3. The number of hydrogen-bond donors (Lipinski definition) is 1. The normalized spacial score (nSPS) is 13.3. The standard InChI is InChI=1S/C15H17NO3/c1-2-3-4-5-15(17)16-9-8-12-6-7-13-14(10-12)19-11-18-13/h2-7,10H,8-9,11H2,1H3,(H,16,17)/b3-2+,5-4+. The first-order valence-corrected chi connectivity index (χ1v) is 6.25. The summed E-state index contributed by atoms with van der Waals surface area (Å²) in [6.07, 6.45) is 7.68. The van der Waals surface area contributed by atoms with E-state index in [1.807, 2.05) is 37.3 Å². The number of carbonyl (C=O) groups excluding carboxylic acids is 1. The molecule has 0 saturated carbocycles. The molecule has 0 radical (unpaired) electrons. The van der Waals surface area contributed by atoms with Crippen LogP contribution in [0.5, 0.6) is 11.5 Å². The first kappa shape index (κ1) is 13.2. The van der Waals surface area contributed by atoms with Gasteiger partial charge >= 0.3 is 0 Å². The number of carbonyl (C=O) groups is 1. The minimum Gasteiger partial charge on any atom is -0.454 e. The highest BCUT2D eigenvalue weighted by molar-refractivity contribution is 5.87. The minimum atomic E-state index is -0.0844. The van der Waals surface area contributed by atoms with Crippen LogP contribution in [0.1, 0.15) is 12.5 Å². The molecule has 1 heterocycles. The lowest BCUT2D eigenvalue weighted by Crippen LogP contribution is -2.23. The van der Waals surface area contributed by atoms with Crippen LogP contribution in [0, 0.1) is 0 Å². The summed E-state index contributed by atoms with van der Waals surface area (Å²) in [6, 6.07) is 5.82. The molecule has 4 heteroatoms. The van der Waals surface area contributed by atoms with Gasteiger partial charge in [0.2, 0.25) is 12.7 Å². The van der Waals surface area contributed by atoms with Crippen molar-refractivity contribution in [1.82, 2.24) is 5.32 Å². The van der Waals surface area contributed by atoms with Crippen LogP contribution in [0.3, 0.4) is 0 Å². The highest BCUT2D eigenvalue weighted by Crippen LogP contribution is 2.32. The predicted molar refractivity (Wildman–Crippen MR) is 73.2 cm³/mol. The van der Waals surface area contributed by atoms with Crippen LogP contribution in [0.25, 0.3) is 0 Å². The fraction of sp³-hybridized carbons (Fsp3) is 0.267. The van der Waals surface area contributed by atoms with Crippen LogP contribution in [0.2, 0.25) is 0 Å². The van der Waals surface area contributed by atoms with Crippen molar-refractivity contribution in [2.75, 3.05) is 13.3 Å². The van der Waals surface area contributed by atoms with Gasteiger partial charge in [0, 0.05) is 12.6 Å². The highest BCUT2D eigenvalue weighted by atomic mass is 16.7. The summed E-state index contributed by atoms with van der Waals surface area (Å²) < 4.78 is 10.5. The zero-order chi connectivity index (χ0) is 13.5. The number of nitrogens with one attached hydrogen (secondary N) is 1. The summed E-state index contributed by atoms with van der Waals surface area (Å²) in [7, 11) is 0. The minimum absolute atomic E-state index is 0.0844. The molecule has 0 unspecified atom stereocenters. The molecule has 1 aromatic carbocycles. The van der Waals surface area contributed by atoms with Crippen molar-refractivity contribution < 1.29 is 14.3 Å². The molecule has 0 atom stereocenters. The van der Waals surface area contributed by atoms with Crippen LogP contribution >= 0.6 is 0 Å². The molecule has 1 N–H and O–H groups in total. The van der Waals surface area contributed by atoms with Gasteiger partial charge < -0.3 is 14.8 Å². The van der Waals surface area contributed by atoms with E-state index < -0.39 is 0 Å². The summed E-state index contributed by atoms with van der Waals surface area (Å²) >= 11 is 0. The first-order chi connectivity index (χ1) is 9.29. The molecule has 0 saturated heterocycles. The maximum absolute atomic E-state index is 11.4. The number of benzene rings is 1. The third-order valence-electron chi connectivity index (χ3n) is 2.70. The SMILES string of the molecule is C/C=C/C=C/C(=O)NCCc1ccc2c(c1)OCO2. The van der Waals surface area contributed by atoms with Crippen molar-refractivity contribution in [1.29, 1.82) is 0 Å². The molecule has 0 aromatic heterocycles. The fourth-order valence-corrected chi connectivity index (χ4v) is 1.74. The second kappa shape index (κ2) is 6.64. The monoisotopic (exact) mass is 259 g/mol. The van der Waals surface area contributed by atoms with E-state index in [-0.39, 0.29) is 12.7 Å². The topological polar surface area (TPSA) is 47.6 Å². The molecule has 0 bridgehead atoms. The summed E-state index contributed by atoms with van der Waals surface area (Å²) in [5.41, 5.74) is 1.11. The average Bonchev–Trinajstić information content (AvgIpc) is 2.86. The average molecular weight is 259 g/mol. The first-order valence-electron chi connectivity index (χ1n) is 6.25. The Morgan fingerprint density at radius 3 is 3.00 bits per heavy atom.